The summed E-state index contributed by atoms with van der Waals surface area (Å²) in [6, 6.07) is 16.6. The Bertz CT molecular complexity index is 799. The number of benzene rings is 2. The lowest BCUT2D eigenvalue weighted by molar-refractivity contribution is -0.133. The van der Waals surface area contributed by atoms with Gasteiger partial charge in [-0.1, -0.05) is 66.5 Å². The number of hydrogen-bond donors (Lipinski definition) is 0. The summed E-state index contributed by atoms with van der Waals surface area (Å²) in [5.74, 6) is 0.251. The predicted octanol–water partition coefficient (Wildman–Crippen LogP) is 6.00. The number of rotatable bonds is 3. The zero-order valence-corrected chi connectivity index (χ0v) is 18.8. The van der Waals surface area contributed by atoms with Crippen LogP contribution in [0.25, 0.3) is 0 Å². The van der Waals surface area contributed by atoms with Crippen molar-refractivity contribution in [2.75, 3.05) is 20.1 Å². The molecule has 4 rings (SSSR count). The van der Waals surface area contributed by atoms with Gasteiger partial charge in [-0.05, 0) is 62.0 Å². The van der Waals surface area contributed by atoms with E-state index in [9.17, 15) is 4.79 Å². The van der Waals surface area contributed by atoms with Crippen LogP contribution in [0.1, 0.15) is 49.8 Å². The second-order valence-corrected chi connectivity index (χ2v) is 8.58. The summed E-state index contributed by atoms with van der Waals surface area (Å²) < 4.78 is 0. The van der Waals surface area contributed by atoms with E-state index in [0.29, 0.717) is 22.5 Å². The van der Waals surface area contributed by atoms with E-state index in [2.05, 4.69) is 29.2 Å². The van der Waals surface area contributed by atoms with Crippen molar-refractivity contribution in [2.24, 2.45) is 0 Å². The third-order valence-corrected chi connectivity index (χ3v) is 6.75. The van der Waals surface area contributed by atoms with Crippen molar-refractivity contribution in [1.82, 2.24) is 9.80 Å². The van der Waals surface area contributed by atoms with Gasteiger partial charge in [0.05, 0.1) is 16.1 Å². The Morgan fingerprint density at radius 2 is 1.62 bits per heavy atom. The van der Waals surface area contributed by atoms with Crippen molar-refractivity contribution in [1.29, 1.82) is 0 Å². The van der Waals surface area contributed by atoms with Crippen LogP contribution in [-0.4, -0.2) is 41.9 Å². The average molecular weight is 433 g/mol. The molecule has 2 aliphatic rings. The van der Waals surface area contributed by atoms with Crippen LogP contribution >= 0.6 is 23.2 Å². The van der Waals surface area contributed by atoms with Crippen LogP contribution in [0.2, 0.25) is 10.0 Å². The number of halogens is 2. The Morgan fingerprint density at radius 3 is 2.21 bits per heavy atom. The fraction of sp³-hybridized carbons (Fsp3) is 0.458. The van der Waals surface area contributed by atoms with E-state index < -0.39 is 0 Å². The van der Waals surface area contributed by atoms with E-state index in [1.54, 1.807) is 12.1 Å². The minimum absolute atomic E-state index is 0.223. The Kier molecular flexibility index (Phi) is 7.99. The third-order valence-electron chi connectivity index (χ3n) is 5.99. The van der Waals surface area contributed by atoms with Gasteiger partial charge in [-0.3, -0.25) is 9.69 Å². The maximum Gasteiger partial charge on any atom is 0.222 e. The molecule has 2 unspecified atom stereocenters. The summed E-state index contributed by atoms with van der Waals surface area (Å²) in [5.41, 5.74) is 2.79. The zero-order valence-electron chi connectivity index (χ0n) is 17.3. The standard InChI is InChI=1S/C18H26N2O.C6H4Cl2/c1-3-17(21)19(2)18-15-9-5-4-8-14(15)10-11-16(18)20-12-6-7-13-20;7-5-3-1-2-4-6(5)8/h4-5,8-9,16,18H,3,6-7,10-13H2,1-2H3;1-4H. The highest BCUT2D eigenvalue weighted by molar-refractivity contribution is 6.41. The number of likely N-dealkylation sites (tertiary alicyclic amines) is 1. The number of amides is 1. The number of aryl methyl sites for hydroxylation is 1. The van der Waals surface area contributed by atoms with E-state index in [4.69, 9.17) is 23.2 Å². The van der Waals surface area contributed by atoms with Crippen LogP contribution in [0.4, 0.5) is 0 Å². The lowest BCUT2D eigenvalue weighted by Gasteiger charge is -2.43. The number of likely N-dealkylation sites (N-methyl/N-ethyl adjacent to an activating group) is 1. The molecule has 3 nitrogen and oxygen atoms in total. The first-order valence-electron chi connectivity index (χ1n) is 10.5. The number of hydrogen-bond acceptors (Lipinski definition) is 2. The Balaban J connectivity index is 0.000000252. The third kappa shape index (κ3) is 5.33. The summed E-state index contributed by atoms with van der Waals surface area (Å²) in [6.07, 6.45) is 5.50. The molecule has 5 heteroatoms. The highest BCUT2D eigenvalue weighted by atomic mass is 35.5. The molecular weight excluding hydrogens is 403 g/mol. The monoisotopic (exact) mass is 432 g/mol. The van der Waals surface area contributed by atoms with Crippen LogP contribution in [0.3, 0.4) is 0 Å². The van der Waals surface area contributed by atoms with Gasteiger partial charge in [-0.25, -0.2) is 0 Å². The molecule has 2 atom stereocenters. The molecular formula is C24H30Cl2N2O. The van der Waals surface area contributed by atoms with E-state index in [1.165, 1.54) is 43.5 Å². The summed E-state index contributed by atoms with van der Waals surface area (Å²) in [5, 5.41) is 1.21. The summed E-state index contributed by atoms with van der Waals surface area (Å²) in [7, 11) is 1.99. The summed E-state index contributed by atoms with van der Waals surface area (Å²) >= 11 is 11.2. The van der Waals surface area contributed by atoms with Crippen molar-refractivity contribution >= 4 is 29.1 Å². The zero-order chi connectivity index (χ0) is 20.8. The molecule has 1 aliphatic carbocycles. The average Bonchev–Trinajstić information content (AvgIpc) is 3.29. The number of carbonyl (C=O) groups excluding carboxylic acids is 1. The lowest BCUT2D eigenvalue weighted by Crippen LogP contribution is -2.48. The van der Waals surface area contributed by atoms with Crippen LogP contribution in [-0.2, 0) is 11.2 Å². The number of carbonyl (C=O) groups is 1. The van der Waals surface area contributed by atoms with Crippen molar-refractivity contribution in [2.45, 2.75) is 51.1 Å². The first kappa shape index (κ1) is 22.1. The normalized spacial score (nSPS) is 21.1. The van der Waals surface area contributed by atoms with Gasteiger partial charge in [0.15, 0.2) is 0 Å². The topological polar surface area (TPSA) is 23.6 Å². The molecule has 1 heterocycles. The molecule has 0 spiro atoms. The molecule has 156 valence electrons. The molecule has 0 saturated carbocycles. The van der Waals surface area contributed by atoms with Crippen LogP contribution < -0.4 is 0 Å². The molecule has 0 bridgehead atoms. The largest absolute Gasteiger partial charge is 0.337 e. The van der Waals surface area contributed by atoms with Crippen LogP contribution in [0.15, 0.2) is 48.5 Å². The van der Waals surface area contributed by atoms with Gasteiger partial charge >= 0.3 is 0 Å². The van der Waals surface area contributed by atoms with Crippen LogP contribution in [0, 0.1) is 0 Å². The molecule has 0 aromatic heterocycles. The maximum absolute atomic E-state index is 12.3. The lowest BCUT2D eigenvalue weighted by atomic mass is 9.82. The molecule has 2 aromatic carbocycles. The molecule has 1 aliphatic heterocycles. The van der Waals surface area contributed by atoms with Crippen molar-refractivity contribution < 1.29 is 4.79 Å². The Labute approximate surface area is 184 Å². The number of nitrogens with zero attached hydrogens (tertiary/aromatic N) is 2. The quantitative estimate of drug-likeness (QED) is 0.593. The molecule has 1 amide bonds. The first-order valence-corrected chi connectivity index (χ1v) is 11.3. The Morgan fingerprint density at radius 1 is 1.03 bits per heavy atom. The van der Waals surface area contributed by atoms with Crippen molar-refractivity contribution in [3.8, 4) is 0 Å². The summed E-state index contributed by atoms with van der Waals surface area (Å²) in [4.78, 5) is 16.9. The van der Waals surface area contributed by atoms with Gasteiger partial charge in [0.1, 0.15) is 0 Å². The molecule has 1 fully saturated rings. The smallest absolute Gasteiger partial charge is 0.222 e. The molecule has 29 heavy (non-hydrogen) atoms. The molecule has 2 aromatic rings. The fourth-order valence-corrected chi connectivity index (χ4v) is 4.76. The van der Waals surface area contributed by atoms with Crippen molar-refractivity contribution in [3.05, 3.63) is 69.7 Å². The van der Waals surface area contributed by atoms with E-state index in [0.717, 1.165) is 6.42 Å². The highest BCUT2D eigenvalue weighted by Crippen LogP contribution is 2.38. The molecule has 0 N–H and O–H groups in total. The highest BCUT2D eigenvalue weighted by Gasteiger charge is 2.37. The van der Waals surface area contributed by atoms with Gasteiger partial charge in [-0.2, -0.15) is 0 Å². The predicted molar refractivity (Wildman–Crippen MR) is 122 cm³/mol. The van der Waals surface area contributed by atoms with E-state index in [-0.39, 0.29) is 11.9 Å². The first-order chi connectivity index (χ1) is 14.0. The minimum atomic E-state index is 0.223. The van der Waals surface area contributed by atoms with Crippen LogP contribution in [0.5, 0.6) is 0 Å². The van der Waals surface area contributed by atoms with Crippen molar-refractivity contribution in [3.63, 3.8) is 0 Å². The minimum Gasteiger partial charge on any atom is -0.337 e. The molecule has 1 saturated heterocycles. The summed E-state index contributed by atoms with van der Waals surface area (Å²) in [6.45, 7) is 4.34. The second-order valence-electron chi connectivity index (χ2n) is 7.77. The van der Waals surface area contributed by atoms with Gasteiger partial charge in [0.2, 0.25) is 5.91 Å². The van der Waals surface area contributed by atoms with Gasteiger partial charge < -0.3 is 4.90 Å². The van der Waals surface area contributed by atoms with Gasteiger partial charge in [0, 0.05) is 19.5 Å². The molecule has 0 radical (unpaired) electrons. The maximum atomic E-state index is 12.3. The number of fused-ring (bicyclic) bond motifs is 1. The van der Waals surface area contributed by atoms with Gasteiger partial charge in [0.25, 0.3) is 0 Å². The van der Waals surface area contributed by atoms with E-state index in [1.807, 2.05) is 31.0 Å². The Hall–Kier alpha value is -1.55. The van der Waals surface area contributed by atoms with Gasteiger partial charge in [-0.15, -0.1) is 0 Å². The second kappa shape index (κ2) is 10.5. The van der Waals surface area contributed by atoms with E-state index >= 15 is 0 Å². The SMILES string of the molecule is CCC(=O)N(C)C1c2ccccc2CCC1N1CCCC1.Clc1ccccc1Cl. The fourth-order valence-electron chi connectivity index (χ4n) is 4.48.